The third kappa shape index (κ3) is 2.75. The first-order valence-corrected chi connectivity index (χ1v) is 8.27. The third-order valence-electron chi connectivity index (χ3n) is 5.70. The minimum Gasteiger partial charge on any atom is -0.393 e. The smallest absolute Gasteiger partial charge is 0.0580 e. The van der Waals surface area contributed by atoms with Crippen LogP contribution in [0.2, 0.25) is 0 Å². The zero-order valence-electron chi connectivity index (χ0n) is 11.7. The molecule has 3 rings (SSSR count). The van der Waals surface area contributed by atoms with Crippen LogP contribution in [-0.2, 0) is 0 Å². The van der Waals surface area contributed by atoms with Crippen molar-refractivity contribution in [3.05, 3.63) is 0 Å². The fraction of sp³-hybridized carbons (Fsp3) is 1.00. The van der Waals surface area contributed by atoms with E-state index in [4.69, 9.17) is 0 Å². The average molecular weight is 251 g/mol. The van der Waals surface area contributed by atoms with Crippen LogP contribution in [-0.4, -0.2) is 35.2 Å². The lowest BCUT2D eigenvalue weighted by molar-refractivity contribution is 0.0379. The molecule has 104 valence electrons. The largest absolute Gasteiger partial charge is 0.393 e. The molecule has 18 heavy (non-hydrogen) atoms. The Balaban J connectivity index is 1.60. The van der Waals surface area contributed by atoms with E-state index in [2.05, 4.69) is 4.90 Å². The molecule has 4 unspecified atom stereocenters. The Kier molecular flexibility index (Phi) is 4.25. The van der Waals surface area contributed by atoms with Gasteiger partial charge in [-0.1, -0.05) is 25.7 Å². The van der Waals surface area contributed by atoms with Crippen molar-refractivity contribution in [1.82, 2.24) is 4.90 Å². The molecule has 2 heteroatoms. The van der Waals surface area contributed by atoms with E-state index in [-0.39, 0.29) is 6.10 Å². The summed E-state index contributed by atoms with van der Waals surface area (Å²) in [6, 6.07) is 0.870. The lowest BCUT2D eigenvalue weighted by atomic mass is 9.89. The molecule has 1 N–H and O–H groups in total. The van der Waals surface area contributed by atoms with E-state index in [1.165, 1.54) is 70.9 Å². The SMILES string of the molecule is OC1CCCCCC1CN1CCCC2CCCC21. The zero-order chi connectivity index (χ0) is 12.4. The van der Waals surface area contributed by atoms with Gasteiger partial charge in [0.1, 0.15) is 0 Å². The van der Waals surface area contributed by atoms with E-state index < -0.39 is 0 Å². The van der Waals surface area contributed by atoms with Gasteiger partial charge in [-0.3, -0.25) is 4.90 Å². The maximum atomic E-state index is 10.3. The molecule has 1 heterocycles. The second kappa shape index (κ2) is 5.92. The van der Waals surface area contributed by atoms with Crippen LogP contribution in [0.4, 0.5) is 0 Å². The number of aliphatic hydroxyl groups is 1. The van der Waals surface area contributed by atoms with Gasteiger partial charge in [-0.05, 0) is 56.9 Å². The van der Waals surface area contributed by atoms with Gasteiger partial charge in [0.15, 0.2) is 0 Å². The predicted molar refractivity (Wildman–Crippen MR) is 74.5 cm³/mol. The lowest BCUT2D eigenvalue weighted by Gasteiger charge is -2.40. The van der Waals surface area contributed by atoms with Crippen molar-refractivity contribution < 1.29 is 5.11 Å². The Hall–Kier alpha value is -0.0800. The first-order valence-electron chi connectivity index (χ1n) is 8.27. The maximum Gasteiger partial charge on any atom is 0.0580 e. The van der Waals surface area contributed by atoms with Crippen molar-refractivity contribution in [3.63, 3.8) is 0 Å². The summed E-state index contributed by atoms with van der Waals surface area (Å²) in [6.07, 6.45) is 13.4. The Labute approximate surface area is 112 Å². The fourth-order valence-corrected chi connectivity index (χ4v) is 4.66. The number of rotatable bonds is 2. The molecule has 2 nitrogen and oxygen atoms in total. The molecule has 0 aromatic rings. The summed E-state index contributed by atoms with van der Waals surface area (Å²) in [5.74, 6) is 1.55. The second-order valence-electron chi connectivity index (χ2n) is 6.86. The van der Waals surface area contributed by atoms with E-state index in [1.807, 2.05) is 0 Å². The summed E-state index contributed by atoms with van der Waals surface area (Å²) in [6.45, 7) is 2.48. The van der Waals surface area contributed by atoms with Gasteiger partial charge in [-0.25, -0.2) is 0 Å². The molecule has 2 saturated carbocycles. The molecule has 2 aliphatic carbocycles. The van der Waals surface area contributed by atoms with Gasteiger partial charge in [0, 0.05) is 12.6 Å². The van der Waals surface area contributed by atoms with Crippen molar-refractivity contribution in [3.8, 4) is 0 Å². The highest BCUT2D eigenvalue weighted by molar-refractivity contribution is 4.90. The number of fused-ring (bicyclic) bond motifs is 1. The van der Waals surface area contributed by atoms with Crippen LogP contribution < -0.4 is 0 Å². The van der Waals surface area contributed by atoms with Crippen LogP contribution in [0.5, 0.6) is 0 Å². The molecular weight excluding hydrogens is 222 g/mol. The number of likely N-dealkylation sites (tertiary alicyclic amines) is 1. The molecule has 0 bridgehead atoms. The van der Waals surface area contributed by atoms with Gasteiger partial charge in [0.2, 0.25) is 0 Å². The summed E-state index contributed by atoms with van der Waals surface area (Å²) in [7, 11) is 0. The number of piperidine rings is 1. The molecule has 4 atom stereocenters. The predicted octanol–water partition coefficient (Wildman–Crippen LogP) is 3.19. The van der Waals surface area contributed by atoms with Crippen LogP contribution in [0.15, 0.2) is 0 Å². The Bertz CT molecular complexity index is 268. The molecule has 3 fully saturated rings. The van der Waals surface area contributed by atoms with Gasteiger partial charge in [-0.15, -0.1) is 0 Å². The van der Waals surface area contributed by atoms with E-state index in [1.54, 1.807) is 0 Å². The van der Waals surface area contributed by atoms with Crippen LogP contribution in [0.3, 0.4) is 0 Å². The van der Waals surface area contributed by atoms with Crippen molar-refractivity contribution in [2.24, 2.45) is 11.8 Å². The van der Waals surface area contributed by atoms with Gasteiger partial charge in [-0.2, -0.15) is 0 Å². The lowest BCUT2D eigenvalue weighted by Crippen LogP contribution is -2.46. The standard InChI is InChI=1S/C16H29NO/c18-16-10-3-1-2-6-14(16)12-17-11-5-8-13-7-4-9-15(13)17/h13-16,18H,1-12H2. The fourth-order valence-electron chi connectivity index (χ4n) is 4.66. The first kappa shape index (κ1) is 12.9. The van der Waals surface area contributed by atoms with Crippen LogP contribution in [0.1, 0.15) is 64.2 Å². The topological polar surface area (TPSA) is 23.5 Å². The molecule has 0 aromatic carbocycles. The summed E-state index contributed by atoms with van der Waals surface area (Å²) in [5.41, 5.74) is 0. The summed E-state index contributed by atoms with van der Waals surface area (Å²) >= 11 is 0. The number of hydrogen-bond acceptors (Lipinski definition) is 2. The minimum absolute atomic E-state index is 0.0192. The molecule has 0 radical (unpaired) electrons. The number of hydrogen-bond donors (Lipinski definition) is 1. The van der Waals surface area contributed by atoms with E-state index >= 15 is 0 Å². The van der Waals surface area contributed by atoms with Gasteiger partial charge in [0.05, 0.1) is 6.10 Å². The summed E-state index contributed by atoms with van der Waals surface area (Å²) < 4.78 is 0. The second-order valence-corrected chi connectivity index (χ2v) is 6.86. The number of nitrogens with zero attached hydrogens (tertiary/aromatic N) is 1. The number of aliphatic hydroxyl groups excluding tert-OH is 1. The quantitative estimate of drug-likeness (QED) is 0.762. The first-order chi connectivity index (χ1) is 8.84. The van der Waals surface area contributed by atoms with Gasteiger partial charge in [0.25, 0.3) is 0 Å². The van der Waals surface area contributed by atoms with Crippen molar-refractivity contribution in [1.29, 1.82) is 0 Å². The average Bonchev–Trinajstić information content (AvgIpc) is 2.77. The molecule has 3 aliphatic rings. The summed E-state index contributed by atoms with van der Waals surface area (Å²) in [4.78, 5) is 2.75. The third-order valence-corrected chi connectivity index (χ3v) is 5.70. The van der Waals surface area contributed by atoms with Crippen molar-refractivity contribution in [2.75, 3.05) is 13.1 Å². The molecular formula is C16H29NO. The van der Waals surface area contributed by atoms with E-state index in [0.29, 0.717) is 5.92 Å². The minimum atomic E-state index is -0.0192. The molecule has 1 aliphatic heterocycles. The Morgan fingerprint density at radius 1 is 0.833 bits per heavy atom. The van der Waals surface area contributed by atoms with Crippen LogP contribution in [0, 0.1) is 11.8 Å². The normalized spacial score (nSPS) is 42.5. The van der Waals surface area contributed by atoms with Crippen molar-refractivity contribution in [2.45, 2.75) is 76.4 Å². The van der Waals surface area contributed by atoms with E-state index in [0.717, 1.165) is 18.4 Å². The van der Waals surface area contributed by atoms with Gasteiger partial charge >= 0.3 is 0 Å². The molecule has 1 saturated heterocycles. The highest BCUT2D eigenvalue weighted by Gasteiger charge is 2.36. The molecule has 0 spiro atoms. The van der Waals surface area contributed by atoms with Crippen LogP contribution in [0.25, 0.3) is 0 Å². The van der Waals surface area contributed by atoms with Gasteiger partial charge < -0.3 is 5.11 Å². The van der Waals surface area contributed by atoms with Crippen LogP contribution >= 0.6 is 0 Å². The Morgan fingerprint density at radius 3 is 2.61 bits per heavy atom. The highest BCUT2D eigenvalue weighted by Crippen LogP contribution is 2.38. The maximum absolute atomic E-state index is 10.3. The summed E-state index contributed by atoms with van der Waals surface area (Å²) in [5, 5.41) is 10.3. The molecule has 0 amide bonds. The monoisotopic (exact) mass is 251 g/mol. The van der Waals surface area contributed by atoms with E-state index in [9.17, 15) is 5.11 Å². The highest BCUT2D eigenvalue weighted by atomic mass is 16.3. The van der Waals surface area contributed by atoms with Crippen molar-refractivity contribution >= 4 is 0 Å². The molecule has 0 aromatic heterocycles. The zero-order valence-corrected chi connectivity index (χ0v) is 11.7. The Morgan fingerprint density at radius 2 is 1.67 bits per heavy atom.